The molecule has 0 spiro atoms. The van der Waals surface area contributed by atoms with Crippen molar-refractivity contribution in [2.45, 2.75) is 12.8 Å². The van der Waals surface area contributed by atoms with Crippen LogP contribution in [0, 0.1) is 0 Å². The van der Waals surface area contributed by atoms with Crippen LogP contribution in [0.25, 0.3) is 0 Å². The fraction of sp³-hybridized carbons (Fsp3) is 0.357. The fourth-order valence-electron chi connectivity index (χ4n) is 2.14. The van der Waals surface area contributed by atoms with Crippen molar-refractivity contribution in [2.24, 2.45) is 0 Å². The molecule has 3 nitrogen and oxygen atoms in total. The smallest absolute Gasteiger partial charge is 0.171 e. The molecule has 0 atom stereocenters. The molecule has 1 saturated heterocycles. The molecule has 1 heterocycles. The van der Waals surface area contributed by atoms with Gasteiger partial charge in [-0.2, -0.15) is 0 Å². The highest BCUT2D eigenvalue weighted by Gasteiger charge is 2.15. The summed E-state index contributed by atoms with van der Waals surface area (Å²) in [7, 11) is 0. The number of nitrogens with zero attached hydrogens (tertiary/aromatic N) is 1. The van der Waals surface area contributed by atoms with Gasteiger partial charge in [0.25, 0.3) is 0 Å². The van der Waals surface area contributed by atoms with Crippen LogP contribution in [0.15, 0.2) is 36.9 Å². The second-order valence-corrected chi connectivity index (χ2v) is 4.74. The SMILES string of the molecule is C=CCNC(=S)Nc1ccccc1N1CCCC1. The molecule has 1 fully saturated rings. The number of para-hydroxylation sites is 2. The van der Waals surface area contributed by atoms with Crippen LogP contribution < -0.4 is 15.5 Å². The molecule has 1 aliphatic rings. The Kier molecular flexibility index (Phi) is 4.59. The number of hydrogen-bond acceptors (Lipinski definition) is 2. The first-order valence-electron chi connectivity index (χ1n) is 6.31. The van der Waals surface area contributed by atoms with Crippen LogP contribution in [-0.4, -0.2) is 24.7 Å². The molecule has 0 aliphatic carbocycles. The van der Waals surface area contributed by atoms with Crippen molar-refractivity contribution in [3.63, 3.8) is 0 Å². The first kappa shape index (κ1) is 12.9. The number of benzene rings is 1. The second-order valence-electron chi connectivity index (χ2n) is 4.34. The summed E-state index contributed by atoms with van der Waals surface area (Å²) in [6.45, 7) is 6.60. The lowest BCUT2D eigenvalue weighted by atomic mass is 10.2. The molecule has 0 unspecified atom stereocenters. The van der Waals surface area contributed by atoms with E-state index in [1.54, 1.807) is 6.08 Å². The number of thiocarbonyl (C=S) groups is 1. The van der Waals surface area contributed by atoms with E-state index in [9.17, 15) is 0 Å². The molecule has 96 valence electrons. The van der Waals surface area contributed by atoms with Gasteiger partial charge in [0.2, 0.25) is 0 Å². The summed E-state index contributed by atoms with van der Waals surface area (Å²) in [6, 6.07) is 8.30. The molecule has 0 radical (unpaired) electrons. The predicted octanol–water partition coefficient (Wildman–Crippen LogP) is 2.76. The normalized spacial score (nSPS) is 14.3. The quantitative estimate of drug-likeness (QED) is 0.644. The lowest BCUT2D eigenvalue weighted by molar-refractivity contribution is 0.949. The van der Waals surface area contributed by atoms with E-state index in [4.69, 9.17) is 12.2 Å². The van der Waals surface area contributed by atoms with Gasteiger partial charge in [0.1, 0.15) is 0 Å². The minimum Gasteiger partial charge on any atom is -0.370 e. The Balaban J connectivity index is 2.07. The van der Waals surface area contributed by atoms with Crippen molar-refractivity contribution < 1.29 is 0 Å². The molecule has 0 aromatic heterocycles. The van der Waals surface area contributed by atoms with Crippen molar-refractivity contribution in [3.8, 4) is 0 Å². The molecule has 2 rings (SSSR count). The Morgan fingerprint density at radius 1 is 1.33 bits per heavy atom. The van der Waals surface area contributed by atoms with Crippen molar-refractivity contribution in [1.29, 1.82) is 0 Å². The maximum atomic E-state index is 5.25. The van der Waals surface area contributed by atoms with E-state index in [2.05, 4.69) is 40.3 Å². The maximum Gasteiger partial charge on any atom is 0.171 e. The molecular formula is C14H19N3S. The van der Waals surface area contributed by atoms with Gasteiger partial charge in [0.05, 0.1) is 11.4 Å². The van der Waals surface area contributed by atoms with Gasteiger partial charge < -0.3 is 15.5 Å². The van der Waals surface area contributed by atoms with Crippen molar-refractivity contribution in [2.75, 3.05) is 29.9 Å². The Hall–Kier alpha value is -1.55. The molecule has 0 bridgehead atoms. The van der Waals surface area contributed by atoms with Crippen LogP contribution >= 0.6 is 12.2 Å². The van der Waals surface area contributed by atoms with Crippen LogP contribution in [0.1, 0.15) is 12.8 Å². The maximum absolute atomic E-state index is 5.25. The molecule has 2 N–H and O–H groups in total. The molecular weight excluding hydrogens is 242 g/mol. The lowest BCUT2D eigenvalue weighted by Gasteiger charge is -2.22. The van der Waals surface area contributed by atoms with Gasteiger partial charge in [-0.25, -0.2) is 0 Å². The van der Waals surface area contributed by atoms with Crippen LogP contribution in [0.3, 0.4) is 0 Å². The number of nitrogens with one attached hydrogen (secondary N) is 2. The van der Waals surface area contributed by atoms with Crippen LogP contribution in [0.5, 0.6) is 0 Å². The number of anilines is 2. The highest BCUT2D eigenvalue weighted by molar-refractivity contribution is 7.80. The Bertz CT molecular complexity index is 425. The summed E-state index contributed by atoms with van der Waals surface area (Å²) >= 11 is 5.25. The van der Waals surface area contributed by atoms with Crippen molar-refractivity contribution in [1.82, 2.24) is 5.32 Å². The van der Waals surface area contributed by atoms with Gasteiger partial charge in [-0.05, 0) is 37.2 Å². The molecule has 18 heavy (non-hydrogen) atoms. The van der Waals surface area contributed by atoms with E-state index in [0.717, 1.165) is 18.8 Å². The van der Waals surface area contributed by atoms with E-state index in [-0.39, 0.29) is 0 Å². The fourth-order valence-corrected chi connectivity index (χ4v) is 2.34. The summed E-state index contributed by atoms with van der Waals surface area (Å²) in [5.41, 5.74) is 2.30. The molecule has 1 aliphatic heterocycles. The van der Waals surface area contributed by atoms with Gasteiger partial charge in [-0.3, -0.25) is 0 Å². The summed E-state index contributed by atoms with van der Waals surface area (Å²) in [4.78, 5) is 2.40. The largest absolute Gasteiger partial charge is 0.370 e. The standard InChI is InChI=1S/C14H19N3S/c1-2-9-15-14(18)16-12-7-3-4-8-13(12)17-10-5-6-11-17/h2-4,7-8H,1,5-6,9-11H2,(H2,15,16,18). The molecule has 0 amide bonds. The minimum absolute atomic E-state index is 0.640. The predicted molar refractivity (Wildman–Crippen MR) is 82.3 cm³/mol. The third-order valence-electron chi connectivity index (χ3n) is 3.01. The topological polar surface area (TPSA) is 27.3 Å². The summed E-state index contributed by atoms with van der Waals surface area (Å²) in [5, 5.41) is 6.98. The Labute approximate surface area is 114 Å². The van der Waals surface area contributed by atoms with E-state index in [1.165, 1.54) is 18.5 Å². The van der Waals surface area contributed by atoms with Gasteiger partial charge >= 0.3 is 0 Å². The molecule has 1 aromatic rings. The van der Waals surface area contributed by atoms with Crippen molar-refractivity contribution >= 4 is 28.7 Å². The Morgan fingerprint density at radius 3 is 2.78 bits per heavy atom. The average Bonchev–Trinajstić information content (AvgIpc) is 2.91. The van der Waals surface area contributed by atoms with E-state index >= 15 is 0 Å². The van der Waals surface area contributed by atoms with Gasteiger partial charge in [-0.15, -0.1) is 6.58 Å². The first-order chi connectivity index (χ1) is 8.81. The second kappa shape index (κ2) is 6.40. The zero-order chi connectivity index (χ0) is 12.8. The first-order valence-corrected chi connectivity index (χ1v) is 6.72. The highest BCUT2D eigenvalue weighted by Crippen LogP contribution is 2.28. The van der Waals surface area contributed by atoms with Gasteiger partial charge in [0.15, 0.2) is 5.11 Å². The van der Waals surface area contributed by atoms with Crippen molar-refractivity contribution in [3.05, 3.63) is 36.9 Å². The molecule has 1 aromatic carbocycles. The van der Waals surface area contributed by atoms with Crippen LogP contribution in [0.2, 0.25) is 0 Å². The average molecular weight is 261 g/mol. The Morgan fingerprint density at radius 2 is 2.06 bits per heavy atom. The monoisotopic (exact) mass is 261 g/mol. The van der Waals surface area contributed by atoms with E-state index in [1.807, 2.05) is 6.07 Å². The summed E-state index contributed by atoms with van der Waals surface area (Å²) in [6.07, 6.45) is 4.33. The van der Waals surface area contributed by atoms with E-state index in [0.29, 0.717) is 11.7 Å². The highest BCUT2D eigenvalue weighted by atomic mass is 32.1. The number of rotatable bonds is 4. The summed E-state index contributed by atoms with van der Waals surface area (Å²) in [5.74, 6) is 0. The molecule has 0 saturated carbocycles. The molecule has 4 heteroatoms. The van der Waals surface area contributed by atoms with Gasteiger partial charge in [-0.1, -0.05) is 18.2 Å². The van der Waals surface area contributed by atoms with E-state index < -0.39 is 0 Å². The summed E-state index contributed by atoms with van der Waals surface area (Å²) < 4.78 is 0. The third kappa shape index (κ3) is 3.23. The minimum atomic E-state index is 0.640. The zero-order valence-electron chi connectivity index (χ0n) is 10.5. The zero-order valence-corrected chi connectivity index (χ0v) is 11.3. The van der Waals surface area contributed by atoms with Gasteiger partial charge in [0, 0.05) is 19.6 Å². The third-order valence-corrected chi connectivity index (χ3v) is 3.25. The van der Waals surface area contributed by atoms with Crippen LogP contribution in [-0.2, 0) is 0 Å². The lowest BCUT2D eigenvalue weighted by Crippen LogP contribution is -2.29. The number of hydrogen-bond donors (Lipinski definition) is 2. The van der Waals surface area contributed by atoms with Crippen LogP contribution in [0.4, 0.5) is 11.4 Å².